The maximum absolute atomic E-state index is 6.76. The summed E-state index contributed by atoms with van der Waals surface area (Å²) in [5.41, 5.74) is 13.0. The SMILES string of the molecule is CC(C)Cc1cc(-c2[c-]cccc2)nc[c]1[Ge]([CH3])([CH3])[CH3].Cc1ccc2ccc3nc(-c4[c-]ccc5c4oc4nc(C(C)C(C)(C)C)ccc45)n(-c4c(C(C)C)c5ccccc5c5ccccc45)c3c2n1.[Ir]. The van der Waals surface area contributed by atoms with Crippen LogP contribution in [-0.4, -0.2) is 37.8 Å². The first-order valence-corrected chi connectivity index (χ1v) is 32.3. The fraction of sp³-hybridized carbons (Fsp3) is 0.270. The Hall–Kier alpha value is -5.99. The molecule has 0 spiro atoms. The van der Waals surface area contributed by atoms with Gasteiger partial charge in [-0.25, -0.2) is 4.98 Å². The molecule has 0 N–H and O–H groups in total. The van der Waals surface area contributed by atoms with E-state index in [0.717, 1.165) is 84.4 Å². The zero-order valence-electron chi connectivity index (χ0n) is 43.1. The molecule has 0 aliphatic carbocycles. The number of hydrogen-bond donors (Lipinski definition) is 0. The maximum Gasteiger partial charge on any atom is 0.216 e. The number of fused-ring (bicyclic) bond motifs is 9. The van der Waals surface area contributed by atoms with E-state index in [9.17, 15) is 0 Å². The van der Waals surface area contributed by atoms with Crippen molar-refractivity contribution in [1.82, 2.24) is 24.5 Å². The van der Waals surface area contributed by atoms with Gasteiger partial charge in [0, 0.05) is 53.6 Å². The van der Waals surface area contributed by atoms with Gasteiger partial charge >= 0.3 is 126 Å². The fourth-order valence-corrected chi connectivity index (χ4v) is 13.5. The van der Waals surface area contributed by atoms with Crippen LogP contribution in [-0.2, 0) is 26.5 Å². The molecule has 1 radical (unpaired) electrons. The Balaban J connectivity index is 0.000000251. The van der Waals surface area contributed by atoms with Gasteiger partial charge in [-0.05, 0) is 64.2 Å². The van der Waals surface area contributed by atoms with Crippen LogP contribution < -0.4 is 4.40 Å². The Labute approximate surface area is 435 Å². The van der Waals surface area contributed by atoms with Crippen LogP contribution in [0.4, 0.5) is 0 Å². The first-order valence-electron chi connectivity index (χ1n) is 24.9. The predicted molar refractivity (Wildman–Crippen MR) is 297 cm³/mol. The van der Waals surface area contributed by atoms with E-state index in [1.165, 1.54) is 32.7 Å². The molecule has 0 aliphatic heterocycles. The number of hydrogen-bond acceptors (Lipinski definition) is 5. The van der Waals surface area contributed by atoms with Gasteiger partial charge in [-0.2, -0.15) is 0 Å². The normalized spacial score (nSPS) is 12.6. The zero-order valence-corrected chi connectivity index (χ0v) is 47.6. The molecule has 71 heavy (non-hydrogen) atoms. The third-order valence-electron chi connectivity index (χ3n) is 14.1. The van der Waals surface area contributed by atoms with Gasteiger partial charge in [0.05, 0.1) is 33.6 Å². The predicted octanol–water partition coefficient (Wildman–Crippen LogP) is 16.5. The van der Waals surface area contributed by atoms with Crippen LogP contribution in [0.2, 0.25) is 17.3 Å². The molecule has 6 nitrogen and oxygen atoms in total. The molecule has 1 atom stereocenters. The molecule has 0 bridgehead atoms. The molecular weight excluding hydrogens is 1110 g/mol. The molecule has 0 saturated heterocycles. The minimum atomic E-state index is -1.86. The first-order chi connectivity index (χ1) is 33.5. The Morgan fingerprint density at radius 3 is 2.06 bits per heavy atom. The Kier molecular flexibility index (Phi) is 13.8. The van der Waals surface area contributed by atoms with Crippen molar-refractivity contribution in [3.05, 3.63) is 168 Å². The van der Waals surface area contributed by atoms with Gasteiger partial charge in [-0.3, -0.25) is 9.97 Å². The number of aromatic nitrogens is 5. The Morgan fingerprint density at radius 2 is 1.38 bits per heavy atom. The number of rotatable bonds is 8. The summed E-state index contributed by atoms with van der Waals surface area (Å²) >= 11 is -1.86. The van der Waals surface area contributed by atoms with Gasteiger partial charge in [-0.1, -0.05) is 113 Å². The van der Waals surface area contributed by atoms with E-state index in [-0.39, 0.29) is 37.4 Å². The molecule has 0 amide bonds. The van der Waals surface area contributed by atoms with Crippen molar-refractivity contribution in [1.29, 1.82) is 0 Å². The quantitative estimate of drug-likeness (QED) is 0.0861. The second kappa shape index (κ2) is 19.6. The van der Waals surface area contributed by atoms with E-state index in [1.54, 1.807) is 4.40 Å². The molecule has 11 rings (SSSR count). The van der Waals surface area contributed by atoms with E-state index in [4.69, 9.17) is 24.4 Å². The van der Waals surface area contributed by atoms with Crippen LogP contribution in [0, 0.1) is 30.4 Å². The molecule has 361 valence electrons. The van der Waals surface area contributed by atoms with Crippen molar-refractivity contribution in [2.75, 3.05) is 0 Å². The Bertz CT molecular complexity index is 3760. The van der Waals surface area contributed by atoms with Crippen molar-refractivity contribution in [2.24, 2.45) is 11.3 Å². The number of pyridine rings is 3. The van der Waals surface area contributed by atoms with Gasteiger partial charge in [0.15, 0.2) is 0 Å². The zero-order chi connectivity index (χ0) is 49.2. The third kappa shape index (κ3) is 9.38. The molecular formula is C63H63GeIrN5O-2. The van der Waals surface area contributed by atoms with E-state index < -0.39 is 13.3 Å². The molecule has 5 heterocycles. The van der Waals surface area contributed by atoms with E-state index >= 15 is 0 Å². The first kappa shape index (κ1) is 50.0. The van der Waals surface area contributed by atoms with Crippen LogP contribution in [0.1, 0.15) is 89.7 Å². The van der Waals surface area contributed by atoms with Crippen LogP contribution in [0.5, 0.6) is 0 Å². The largest absolute Gasteiger partial charge is 0.486 e. The smallest absolute Gasteiger partial charge is 0.216 e. The summed E-state index contributed by atoms with van der Waals surface area (Å²) in [6.45, 7) is 20.2. The number of benzene rings is 6. The molecule has 11 aromatic rings. The van der Waals surface area contributed by atoms with Gasteiger partial charge in [0.25, 0.3) is 0 Å². The van der Waals surface area contributed by atoms with Crippen molar-refractivity contribution in [2.45, 2.75) is 97.8 Å². The van der Waals surface area contributed by atoms with Gasteiger partial charge < -0.3 is 8.98 Å². The second-order valence-corrected chi connectivity index (χ2v) is 32.5. The monoisotopic (exact) mass is 1170 g/mol. The molecule has 5 aromatic heterocycles. The van der Waals surface area contributed by atoms with E-state index in [2.05, 4.69) is 206 Å². The van der Waals surface area contributed by atoms with E-state index in [0.29, 0.717) is 11.6 Å². The topological polar surface area (TPSA) is 69.6 Å². The van der Waals surface area contributed by atoms with Crippen molar-refractivity contribution < 1.29 is 24.5 Å². The van der Waals surface area contributed by atoms with Crippen molar-refractivity contribution >= 4 is 83.2 Å². The number of nitrogens with zero attached hydrogens (tertiary/aromatic N) is 5. The van der Waals surface area contributed by atoms with Gasteiger partial charge in [0.1, 0.15) is 0 Å². The molecule has 1 unspecified atom stereocenters. The van der Waals surface area contributed by atoms with Crippen molar-refractivity contribution in [3.8, 4) is 28.3 Å². The molecule has 8 heteroatoms. The second-order valence-electron chi connectivity index (χ2n) is 22.0. The van der Waals surface area contributed by atoms with Gasteiger partial charge in [-0.15, -0.1) is 18.2 Å². The van der Waals surface area contributed by atoms with Crippen molar-refractivity contribution in [3.63, 3.8) is 0 Å². The van der Waals surface area contributed by atoms with Crippen LogP contribution in [0.3, 0.4) is 0 Å². The van der Waals surface area contributed by atoms with Crippen LogP contribution >= 0.6 is 0 Å². The Morgan fingerprint density at radius 1 is 0.690 bits per heavy atom. The summed E-state index contributed by atoms with van der Waals surface area (Å²) in [4.78, 5) is 20.4. The summed E-state index contributed by atoms with van der Waals surface area (Å²) in [5.74, 6) is 9.24. The fourth-order valence-electron chi connectivity index (χ4n) is 10.2. The molecule has 0 fully saturated rings. The minimum Gasteiger partial charge on any atom is -0.486 e. The number of imidazole rings is 1. The molecule has 0 aliphatic rings. The van der Waals surface area contributed by atoms with Crippen LogP contribution in [0.15, 0.2) is 138 Å². The summed E-state index contributed by atoms with van der Waals surface area (Å²) in [6, 6.07) is 51.6. The maximum atomic E-state index is 6.76. The van der Waals surface area contributed by atoms with Crippen LogP contribution in [0.25, 0.3) is 93.9 Å². The summed E-state index contributed by atoms with van der Waals surface area (Å²) in [7, 11) is 0. The average molecular weight is 1170 g/mol. The van der Waals surface area contributed by atoms with E-state index in [1.807, 2.05) is 24.3 Å². The molecule has 0 saturated carbocycles. The molecule has 6 aromatic carbocycles. The standard InChI is InChI=1S/C45H39N4O.C18H24GeN.Ir/c1-25(2)38-31-15-10-8-13-29(31)30-14-9-11-16-32(30)40(38)49-41-37(23-21-28-20-19-26(3)46-39(28)41)47-43(49)35-18-12-17-33-34-22-24-36(27(4)45(5,6)7)48-44(34)50-42(33)35;1-14(2)11-16-12-18(15-9-7-6-8-10-15)20-13-17(16)19(3,4)5;/h8-17,19-25,27H,1-7H3;6-9,12-14H,11H2,1-5H3;/q2*-1;. The summed E-state index contributed by atoms with van der Waals surface area (Å²) < 4.78 is 10.7. The minimum absolute atomic E-state index is 0. The third-order valence-corrected chi connectivity index (χ3v) is 18.4. The average Bonchev–Trinajstić information content (AvgIpc) is 3.91. The number of furan rings is 1. The number of aryl methyl sites for hydroxylation is 1. The van der Waals surface area contributed by atoms with Gasteiger partial charge in [0.2, 0.25) is 5.71 Å². The summed E-state index contributed by atoms with van der Waals surface area (Å²) in [6.07, 6.45) is 3.27. The summed E-state index contributed by atoms with van der Waals surface area (Å²) in [5, 5.41) is 7.92.